The summed E-state index contributed by atoms with van der Waals surface area (Å²) in [7, 11) is 0. The van der Waals surface area contributed by atoms with Gasteiger partial charge in [-0.25, -0.2) is 15.0 Å². The molecule has 0 saturated carbocycles. The van der Waals surface area contributed by atoms with E-state index < -0.39 is 11.7 Å². The maximum atomic E-state index is 13.6. The fourth-order valence-electron chi connectivity index (χ4n) is 4.31. The molecule has 1 aromatic carbocycles. The largest absolute Gasteiger partial charge is 0.419 e. The molecule has 0 saturated heterocycles. The van der Waals surface area contributed by atoms with Crippen LogP contribution in [0, 0.1) is 6.92 Å². The van der Waals surface area contributed by atoms with Crippen LogP contribution in [0.3, 0.4) is 0 Å². The SMILES string of the molecule is Cc1ccccc1CCNc1nc(C(C)C)nc2c1CCN(c1ncccc1C(F)(F)F)CC2. The Hall–Kier alpha value is -3.16. The predicted octanol–water partition coefficient (Wildman–Crippen LogP) is 5.58. The van der Waals surface area contributed by atoms with Crippen LogP contribution in [0.5, 0.6) is 0 Å². The maximum Gasteiger partial charge on any atom is 0.419 e. The Morgan fingerprint density at radius 2 is 1.79 bits per heavy atom. The molecule has 0 spiro atoms. The lowest BCUT2D eigenvalue weighted by atomic mass is 10.1. The summed E-state index contributed by atoms with van der Waals surface area (Å²) in [5.74, 6) is 1.67. The molecule has 0 unspecified atom stereocenters. The number of nitrogens with zero attached hydrogens (tertiary/aromatic N) is 4. The van der Waals surface area contributed by atoms with Gasteiger partial charge in [-0.2, -0.15) is 13.2 Å². The fourth-order valence-corrected chi connectivity index (χ4v) is 4.31. The fraction of sp³-hybridized carbons (Fsp3) is 0.423. The summed E-state index contributed by atoms with van der Waals surface area (Å²) in [6, 6.07) is 10.7. The molecule has 0 bridgehead atoms. The third-order valence-electron chi connectivity index (χ3n) is 6.22. The minimum absolute atomic E-state index is 0.0195. The second-order valence-electron chi connectivity index (χ2n) is 8.97. The Morgan fingerprint density at radius 3 is 2.53 bits per heavy atom. The van der Waals surface area contributed by atoms with Crippen molar-refractivity contribution in [1.29, 1.82) is 0 Å². The molecular weight excluding hydrogens is 439 g/mol. The summed E-state index contributed by atoms with van der Waals surface area (Å²) in [6.07, 6.45) is -1.09. The van der Waals surface area contributed by atoms with Gasteiger partial charge in [-0.1, -0.05) is 38.1 Å². The van der Waals surface area contributed by atoms with Crippen molar-refractivity contribution in [2.45, 2.75) is 52.1 Å². The molecule has 5 nitrogen and oxygen atoms in total. The monoisotopic (exact) mass is 469 g/mol. The second kappa shape index (κ2) is 9.99. The van der Waals surface area contributed by atoms with E-state index in [2.05, 4.69) is 29.4 Å². The van der Waals surface area contributed by atoms with Crippen LogP contribution in [0.15, 0.2) is 42.6 Å². The van der Waals surface area contributed by atoms with Crippen molar-refractivity contribution in [3.63, 3.8) is 0 Å². The molecule has 0 atom stereocenters. The van der Waals surface area contributed by atoms with Gasteiger partial charge in [-0.3, -0.25) is 0 Å². The van der Waals surface area contributed by atoms with Crippen LogP contribution in [-0.4, -0.2) is 34.6 Å². The number of alkyl halides is 3. The zero-order chi connectivity index (χ0) is 24.3. The molecule has 2 aromatic heterocycles. The molecule has 0 fully saturated rings. The highest BCUT2D eigenvalue weighted by Crippen LogP contribution is 2.36. The first kappa shape index (κ1) is 24.0. The van der Waals surface area contributed by atoms with Gasteiger partial charge in [0, 0.05) is 43.7 Å². The van der Waals surface area contributed by atoms with Crippen LogP contribution < -0.4 is 10.2 Å². The highest BCUT2D eigenvalue weighted by atomic mass is 19.4. The molecule has 1 aliphatic rings. The van der Waals surface area contributed by atoms with Crippen molar-refractivity contribution < 1.29 is 13.2 Å². The Morgan fingerprint density at radius 1 is 1.03 bits per heavy atom. The van der Waals surface area contributed by atoms with Gasteiger partial charge in [-0.05, 0) is 43.0 Å². The summed E-state index contributed by atoms with van der Waals surface area (Å²) in [5, 5.41) is 3.50. The number of aromatic nitrogens is 3. The first-order valence-electron chi connectivity index (χ1n) is 11.7. The van der Waals surface area contributed by atoms with Gasteiger partial charge in [0.2, 0.25) is 0 Å². The summed E-state index contributed by atoms with van der Waals surface area (Å²) < 4.78 is 40.7. The molecule has 3 heterocycles. The summed E-state index contributed by atoms with van der Waals surface area (Å²) >= 11 is 0. The molecule has 0 amide bonds. The summed E-state index contributed by atoms with van der Waals surface area (Å²) in [5.41, 5.74) is 3.72. The maximum absolute atomic E-state index is 13.6. The Kier molecular flexibility index (Phi) is 7.05. The van der Waals surface area contributed by atoms with E-state index in [0.717, 1.165) is 35.4 Å². The van der Waals surface area contributed by atoms with Gasteiger partial charge >= 0.3 is 6.18 Å². The van der Waals surface area contributed by atoms with Gasteiger partial charge in [-0.15, -0.1) is 0 Å². The lowest BCUT2D eigenvalue weighted by Crippen LogP contribution is -2.29. The van der Waals surface area contributed by atoms with Crippen molar-refractivity contribution in [2.75, 3.05) is 29.9 Å². The number of halogens is 3. The lowest BCUT2D eigenvalue weighted by molar-refractivity contribution is -0.137. The third-order valence-corrected chi connectivity index (χ3v) is 6.22. The molecule has 0 aliphatic carbocycles. The van der Waals surface area contributed by atoms with E-state index in [4.69, 9.17) is 9.97 Å². The van der Waals surface area contributed by atoms with E-state index >= 15 is 0 Å². The molecule has 34 heavy (non-hydrogen) atoms. The first-order valence-corrected chi connectivity index (χ1v) is 11.7. The number of aryl methyl sites for hydroxylation is 1. The van der Waals surface area contributed by atoms with E-state index in [-0.39, 0.29) is 11.7 Å². The molecule has 4 rings (SSSR count). The van der Waals surface area contributed by atoms with E-state index in [1.807, 2.05) is 26.0 Å². The van der Waals surface area contributed by atoms with Crippen molar-refractivity contribution in [3.05, 3.63) is 76.4 Å². The number of pyridine rings is 1. The van der Waals surface area contributed by atoms with Crippen molar-refractivity contribution in [3.8, 4) is 0 Å². The number of hydrogen-bond donors (Lipinski definition) is 1. The second-order valence-corrected chi connectivity index (χ2v) is 8.97. The van der Waals surface area contributed by atoms with Crippen LogP contribution in [0.2, 0.25) is 0 Å². The number of rotatable bonds is 6. The lowest BCUT2D eigenvalue weighted by Gasteiger charge is -2.24. The molecule has 8 heteroatoms. The van der Waals surface area contributed by atoms with E-state index in [1.165, 1.54) is 23.4 Å². The van der Waals surface area contributed by atoms with Gasteiger partial charge in [0.1, 0.15) is 17.5 Å². The zero-order valence-corrected chi connectivity index (χ0v) is 19.8. The highest BCUT2D eigenvalue weighted by molar-refractivity contribution is 5.53. The number of fused-ring (bicyclic) bond motifs is 1. The average molecular weight is 470 g/mol. The van der Waals surface area contributed by atoms with Crippen LogP contribution in [0.1, 0.15) is 53.5 Å². The van der Waals surface area contributed by atoms with Crippen molar-refractivity contribution in [2.24, 2.45) is 0 Å². The molecular formula is C26H30F3N5. The van der Waals surface area contributed by atoms with Crippen LogP contribution in [0.4, 0.5) is 24.8 Å². The Labute approximate surface area is 198 Å². The topological polar surface area (TPSA) is 53.9 Å². The predicted molar refractivity (Wildman–Crippen MR) is 128 cm³/mol. The molecule has 0 radical (unpaired) electrons. The zero-order valence-electron chi connectivity index (χ0n) is 19.8. The van der Waals surface area contributed by atoms with E-state index in [1.54, 1.807) is 4.90 Å². The van der Waals surface area contributed by atoms with Gasteiger partial charge in [0.15, 0.2) is 0 Å². The van der Waals surface area contributed by atoms with Gasteiger partial charge < -0.3 is 10.2 Å². The van der Waals surface area contributed by atoms with E-state index in [0.29, 0.717) is 32.5 Å². The number of benzene rings is 1. The molecule has 3 aromatic rings. The normalized spacial score (nSPS) is 14.1. The smallest absolute Gasteiger partial charge is 0.369 e. The Bertz CT molecular complexity index is 1140. The first-order chi connectivity index (χ1) is 16.2. The number of nitrogens with one attached hydrogen (secondary N) is 1. The quantitative estimate of drug-likeness (QED) is 0.511. The number of hydrogen-bond acceptors (Lipinski definition) is 5. The summed E-state index contributed by atoms with van der Waals surface area (Å²) in [4.78, 5) is 15.4. The minimum atomic E-state index is -4.45. The third kappa shape index (κ3) is 5.32. The Balaban J connectivity index is 1.58. The van der Waals surface area contributed by atoms with Crippen LogP contribution in [0.25, 0.3) is 0 Å². The minimum Gasteiger partial charge on any atom is -0.369 e. The highest BCUT2D eigenvalue weighted by Gasteiger charge is 2.36. The van der Waals surface area contributed by atoms with Gasteiger partial charge in [0.25, 0.3) is 0 Å². The van der Waals surface area contributed by atoms with Crippen LogP contribution >= 0.6 is 0 Å². The molecule has 1 aliphatic heterocycles. The number of anilines is 2. The molecule has 1 N–H and O–H groups in total. The molecule has 180 valence electrons. The van der Waals surface area contributed by atoms with Gasteiger partial charge in [0.05, 0.1) is 11.3 Å². The van der Waals surface area contributed by atoms with Crippen molar-refractivity contribution >= 4 is 11.6 Å². The summed E-state index contributed by atoms with van der Waals surface area (Å²) in [6.45, 7) is 7.75. The standard InChI is InChI=1S/C26H30F3N5/c1-17(2)23-32-22-12-16-34(25-21(26(27,28)29)9-6-13-31-25)15-11-20(22)24(33-23)30-14-10-19-8-5-4-7-18(19)3/h4-9,13,17H,10-12,14-16H2,1-3H3,(H,30,32,33). The average Bonchev–Trinajstić information content (AvgIpc) is 3.02. The van der Waals surface area contributed by atoms with E-state index in [9.17, 15) is 13.2 Å². The van der Waals surface area contributed by atoms with Crippen LogP contribution in [-0.2, 0) is 25.4 Å². The van der Waals surface area contributed by atoms with Crippen molar-refractivity contribution in [1.82, 2.24) is 15.0 Å².